The number of benzene rings is 1. The second-order valence-corrected chi connectivity index (χ2v) is 11.2. The SMILES string of the molecule is CNc1nc(Nc2ccc(C(=O)N3CCN(CCOCCOCCOCCC4CCCC4)CC3)cc2OC)ncc1C(F)(F)F. The summed E-state index contributed by atoms with van der Waals surface area (Å²) in [6.45, 7) is 7.12. The average molecular weight is 639 g/mol. The van der Waals surface area contributed by atoms with Crippen LogP contribution in [0, 0.1) is 5.92 Å². The number of hydrogen-bond acceptors (Lipinski definition) is 10. The largest absolute Gasteiger partial charge is 0.495 e. The molecule has 11 nitrogen and oxygen atoms in total. The Bertz CT molecular complexity index is 1210. The van der Waals surface area contributed by atoms with E-state index in [1.807, 2.05) is 0 Å². The molecule has 45 heavy (non-hydrogen) atoms. The Balaban J connectivity index is 1.12. The summed E-state index contributed by atoms with van der Waals surface area (Å²) in [7, 11) is 2.80. The molecule has 2 fully saturated rings. The van der Waals surface area contributed by atoms with Crippen molar-refractivity contribution in [2.45, 2.75) is 38.3 Å². The normalized spacial score (nSPS) is 16.2. The van der Waals surface area contributed by atoms with E-state index in [0.29, 0.717) is 69.3 Å². The minimum absolute atomic E-state index is 0.0491. The van der Waals surface area contributed by atoms with Gasteiger partial charge in [-0.15, -0.1) is 0 Å². The number of piperazine rings is 1. The van der Waals surface area contributed by atoms with Crippen LogP contribution in [0.4, 0.5) is 30.6 Å². The van der Waals surface area contributed by atoms with E-state index in [2.05, 4.69) is 25.5 Å². The van der Waals surface area contributed by atoms with E-state index < -0.39 is 11.7 Å². The molecule has 14 heteroatoms. The minimum Gasteiger partial charge on any atom is -0.495 e. The lowest BCUT2D eigenvalue weighted by Crippen LogP contribution is -2.49. The molecule has 250 valence electrons. The number of hydrogen-bond donors (Lipinski definition) is 2. The first-order valence-corrected chi connectivity index (χ1v) is 15.6. The van der Waals surface area contributed by atoms with Crippen molar-refractivity contribution in [2.75, 3.05) is 97.2 Å². The van der Waals surface area contributed by atoms with E-state index in [1.165, 1.54) is 39.8 Å². The monoisotopic (exact) mass is 638 g/mol. The summed E-state index contributed by atoms with van der Waals surface area (Å²) in [5.74, 6) is 0.656. The van der Waals surface area contributed by atoms with Crippen molar-refractivity contribution in [3.8, 4) is 5.75 Å². The second-order valence-electron chi connectivity index (χ2n) is 11.2. The topological polar surface area (TPSA) is 110 Å². The molecule has 1 saturated carbocycles. The van der Waals surface area contributed by atoms with Crippen molar-refractivity contribution in [1.29, 1.82) is 0 Å². The maximum absolute atomic E-state index is 13.2. The van der Waals surface area contributed by atoms with E-state index in [4.69, 9.17) is 18.9 Å². The molecule has 1 aromatic heterocycles. The summed E-state index contributed by atoms with van der Waals surface area (Å²) in [5.41, 5.74) is -0.117. The van der Waals surface area contributed by atoms with E-state index >= 15 is 0 Å². The molecule has 0 atom stereocenters. The van der Waals surface area contributed by atoms with Gasteiger partial charge in [0.1, 0.15) is 17.1 Å². The summed E-state index contributed by atoms with van der Waals surface area (Å²) < 4.78 is 61.9. The standard InChI is InChI=1S/C31H45F3N6O5/c1-35-28-25(31(32,33)34)22-36-30(38-28)37-26-8-7-24(21-27(26)42-2)29(41)40-12-10-39(11-13-40)14-16-44-18-20-45-19-17-43-15-9-23-5-3-4-6-23/h7-8,21-23H,3-6,9-20H2,1-2H3,(H2,35,36,37,38). The number of nitrogens with one attached hydrogen (secondary N) is 2. The molecule has 0 spiro atoms. The van der Waals surface area contributed by atoms with Crippen LogP contribution in [-0.4, -0.2) is 112 Å². The van der Waals surface area contributed by atoms with Crippen LogP contribution >= 0.6 is 0 Å². The van der Waals surface area contributed by atoms with E-state index in [0.717, 1.165) is 38.6 Å². The summed E-state index contributed by atoms with van der Waals surface area (Å²) >= 11 is 0. The minimum atomic E-state index is -4.59. The van der Waals surface area contributed by atoms with E-state index in [-0.39, 0.29) is 17.7 Å². The van der Waals surface area contributed by atoms with Crippen molar-refractivity contribution >= 4 is 23.4 Å². The Labute approximate surface area is 262 Å². The number of carbonyl (C=O) groups is 1. The molecular formula is C31H45F3N6O5. The third-order valence-electron chi connectivity index (χ3n) is 8.13. The van der Waals surface area contributed by atoms with Crippen LogP contribution in [0.3, 0.4) is 0 Å². The Morgan fingerprint density at radius 2 is 1.64 bits per heavy atom. The van der Waals surface area contributed by atoms with Crippen LogP contribution in [0.25, 0.3) is 0 Å². The van der Waals surface area contributed by atoms with Gasteiger partial charge < -0.3 is 34.5 Å². The second kappa shape index (κ2) is 17.5. The number of alkyl halides is 3. The number of methoxy groups -OCH3 is 1. The van der Waals surface area contributed by atoms with Crippen LogP contribution in [0.1, 0.15) is 48.0 Å². The highest BCUT2D eigenvalue weighted by Crippen LogP contribution is 2.35. The quantitative estimate of drug-likeness (QED) is 0.237. The Kier molecular flexibility index (Phi) is 13.5. The molecule has 2 aliphatic rings. The highest BCUT2D eigenvalue weighted by atomic mass is 19.4. The average Bonchev–Trinajstić information content (AvgIpc) is 3.57. The lowest BCUT2D eigenvalue weighted by atomic mass is 10.1. The van der Waals surface area contributed by atoms with Gasteiger partial charge in [0.25, 0.3) is 5.91 Å². The molecule has 1 aliphatic carbocycles. The Morgan fingerprint density at radius 1 is 0.978 bits per heavy atom. The number of amides is 1. The van der Waals surface area contributed by atoms with Crippen LogP contribution in [0.15, 0.2) is 24.4 Å². The van der Waals surface area contributed by atoms with Crippen molar-refractivity contribution in [3.63, 3.8) is 0 Å². The molecule has 2 aromatic rings. The highest BCUT2D eigenvalue weighted by Gasteiger charge is 2.35. The zero-order valence-electron chi connectivity index (χ0n) is 26.2. The predicted octanol–water partition coefficient (Wildman–Crippen LogP) is 4.68. The maximum Gasteiger partial charge on any atom is 0.421 e. The van der Waals surface area contributed by atoms with E-state index in [9.17, 15) is 18.0 Å². The van der Waals surface area contributed by atoms with E-state index in [1.54, 1.807) is 23.1 Å². The first-order chi connectivity index (χ1) is 21.8. The first kappa shape index (κ1) is 34.7. The first-order valence-electron chi connectivity index (χ1n) is 15.6. The van der Waals surface area contributed by atoms with Gasteiger partial charge >= 0.3 is 6.18 Å². The van der Waals surface area contributed by atoms with Crippen LogP contribution < -0.4 is 15.4 Å². The third-order valence-corrected chi connectivity index (χ3v) is 8.13. The third kappa shape index (κ3) is 10.7. The fraction of sp³-hybridized carbons (Fsp3) is 0.645. The molecule has 1 saturated heterocycles. The fourth-order valence-electron chi connectivity index (χ4n) is 5.53. The van der Waals surface area contributed by atoms with Crippen molar-refractivity contribution in [3.05, 3.63) is 35.5 Å². The lowest BCUT2D eigenvalue weighted by Gasteiger charge is -2.34. The molecule has 0 bridgehead atoms. The number of anilines is 3. The molecule has 1 aromatic carbocycles. The fourth-order valence-corrected chi connectivity index (χ4v) is 5.53. The number of ether oxygens (including phenoxy) is 4. The maximum atomic E-state index is 13.2. The summed E-state index contributed by atoms with van der Waals surface area (Å²) in [4.78, 5) is 25.0. The smallest absolute Gasteiger partial charge is 0.421 e. The molecule has 1 amide bonds. The molecular weight excluding hydrogens is 593 g/mol. The van der Waals surface area contributed by atoms with Gasteiger partial charge in [-0.2, -0.15) is 18.2 Å². The van der Waals surface area contributed by atoms with Crippen LogP contribution in [0.5, 0.6) is 5.75 Å². The molecule has 4 rings (SSSR count). The number of halogens is 3. The zero-order chi connectivity index (χ0) is 32.1. The zero-order valence-corrected chi connectivity index (χ0v) is 26.2. The lowest BCUT2D eigenvalue weighted by molar-refractivity contribution is -0.137. The van der Waals surface area contributed by atoms with Gasteiger partial charge in [-0.1, -0.05) is 25.7 Å². The summed E-state index contributed by atoms with van der Waals surface area (Å²) in [6.07, 6.45) is 2.72. The van der Waals surface area contributed by atoms with Gasteiger partial charge in [0.15, 0.2) is 0 Å². The predicted molar refractivity (Wildman–Crippen MR) is 164 cm³/mol. The van der Waals surface area contributed by atoms with Gasteiger partial charge in [-0.05, 0) is 30.5 Å². The number of aromatic nitrogens is 2. The van der Waals surface area contributed by atoms with Crippen molar-refractivity contribution in [2.24, 2.45) is 5.92 Å². The van der Waals surface area contributed by atoms with Gasteiger partial charge in [0.05, 0.1) is 45.8 Å². The molecule has 0 radical (unpaired) electrons. The number of carbonyl (C=O) groups excluding carboxylic acids is 1. The number of nitrogens with zero attached hydrogens (tertiary/aromatic N) is 4. The number of rotatable bonds is 17. The molecule has 2 N–H and O–H groups in total. The van der Waals surface area contributed by atoms with Crippen LogP contribution in [0.2, 0.25) is 0 Å². The molecule has 1 aliphatic heterocycles. The van der Waals surface area contributed by atoms with Gasteiger partial charge in [-0.3, -0.25) is 9.69 Å². The Hall–Kier alpha value is -3.20. The van der Waals surface area contributed by atoms with Gasteiger partial charge in [-0.25, -0.2) is 4.98 Å². The van der Waals surface area contributed by atoms with Crippen LogP contribution in [-0.2, 0) is 20.4 Å². The molecule has 2 heterocycles. The highest BCUT2D eigenvalue weighted by molar-refractivity contribution is 5.95. The van der Waals surface area contributed by atoms with Crippen molar-refractivity contribution in [1.82, 2.24) is 19.8 Å². The summed E-state index contributed by atoms with van der Waals surface area (Å²) in [6, 6.07) is 4.85. The Morgan fingerprint density at radius 3 is 2.29 bits per heavy atom. The van der Waals surface area contributed by atoms with Gasteiger partial charge in [0.2, 0.25) is 5.95 Å². The summed E-state index contributed by atoms with van der Waals surface area (Å²) in [5, 5.41) is 5.31. The molecule has 0 unspecified atom stereocenters. The van der Waals surface area contributed by atoms with Crippen molar-refractivity contribution < 1.29 is 36.9 Å². The van der Waals surface area contributed by atoms with Gasteiger partial charge in [0, 0.05) is 58.1 Å².